The Kier molecular flexibility index (Phi) is 3.74. The van der Waals surface area contributed by atoms with Gasteiger partial charge in [-0.1, -0.05) is 13.3 Å². The molecule has 0 spiro atoms. The van der Waals surface area contributed by atoms with E-state index in [0.29, 0.717) is 0 Å². The molecule has 1 N–H and O–H groups in total. The molecule has 0 radical (unpaired) electrons. The minimum absolute atomic E-state index is 0.0184. The zero-order valence-electron chi connectivity index (χ0n) is 9.39. The molecule has 1 atom stereocenters. The van der Waals surface area contributed by atoms with E-state index in [9.17, 15) is 0 Å². The standard InChI is InChI=1S/C11H23NO/c1-5-9(10-6-12-7-10)8-13-11(2,3)4/h9-10,12H,5-8H2,1-4H3/t9-/m0/s1. The van der Waals surface area contributed by atoms with Crippen molar-refractivity contribution in [1.82, 2.24) is 5.32 Å². The topological polar surface area (TPSA) is 21.3 Å². The molecule has 2 heteroatoms. The molecule has 1 aliphatic heterocycles. The third-order valence-electron chi connectivity index (χ3n) is 2.73. The van der Waals surface area contributed by atoms with Gasteiger partial charge >= 0.3 is 0 Å². The highest BCUT2D eigenvalue weighted by atomic mass is 16.5. The summed E-state index contributed by atoms with van der Waals surface area (Å²) in [6, 6.07) is 0. The quantitative estimate of drug-likeness (QED) is 0.723. The summed E-state index contributed by atoms with van der Waals surface area (Å²) in [7, 11) is 0. The van der Waals surface area contributed by atoms with E-state index in [1.54, 1.807) is 0 Å². The molecule has 13 heavy (non-hydrogen) atoms. The lowest BCUT2D eigenvalue weighted by atomic mass is 9.86. The summed E-state index contributed by atoms with van der Waals surface area (Å²) >= 11 is 0. The van der Waals surface area contributed by atoms with Crippen molar-refractivity contribution in [1.29, 1.82) is 0 Å². The summed E-state index contributed by atoms with van der Waals surface area (Å²) in [4.78, 5) is 0. The van der Waals surface area contributed by atoms with Gasteiger partial charge in [-0.25, -0.2) is 0 Å². The number of ether oxygens (including phenoxy) is 1. The SMILES string of the molecule is CC[C@@H](COC(C)(C)C)C1CNC1. The van der Waals surface area contributed by atoms with E-state index in [0.717, 1.165) is 18.4 Å². The Bertz CT molecular complexity index is 147. The fourth-order valence-electron chi connectivity index (χ4n) is 1.59. The lowest BCUT2D eigenvalue weighted by molar-refractivity contribution is -0.0376. The maximum absolute atomic E-state index is 5.81. The van der Waals surface area contributed by atoms with E-state index in [2.05, 4.69) is 33.0 Å². The van der Waals surface area contributed by atoms with E-state index in [-0.39, 0.29) is 5.60 Å². The summed E-state index contributed by atoms with van der Waals surface area (Å²) in [5.41, 5.74) is 0.0184. The van der Waals surface area contributed by atoms with E-state index >= 15 is 0 Å². The van der Waals surface area contributed by atoms with Gasteiger partial charge in [-0.15, -0.1) is 0 Å². The average molecular weight is 185 g/mol. The van der Waals surface area contributed by atoms with Crippen LogP contribution in [0.4, 0.5) is 0 Å². The van der Waals surface area contributed by atoms with E-state index in [1.807, 2.05) is 0 Å². The van der Waals surface area contributed by atoms with Crippen LogP contribution in [0.3, 0.4) is 0 Å². The first-order valence-electron chi connectivity index (χ1n) is 5.37. The first-order valence-corrected chi connectivity index (χ1v) is 5.37. The van der Waals surface area contributed by atoms with Crippen LogP contribution < -0.4 is 5.32 Å². The number of rotatable bonds is 4. The number of hydrogen-bond acceptors (Lipinski definition) is 2. The minimum atomic E-state index is 0.0184. The average Bonchev–Trinajstić information content (AvgIpc) is 1.91. The molecule has 0 saturated carbocycles. The van der Waals surface area contributed by atoms with Crippen LogP contribution in [0.25, 0.3) is 0 Å². The van der Waals surface area contributed by atoms with Gasteiger partial charge < -0.3 is 10.1 Å². The van der Waals surface area contributed by atoms with Crippen LogP contribution in [0.15, 0.2) is 0 Å². The smallest absolute Gasteiger partial charge is 0.0598 e. The minimum Gasteiger partial charge on any atom is -0.376 e. The Morgan fingerprint density at radius 2 is 2.00 bits per heavy atom. The highest BCUT2D eigenvalue weighted by Gasteiger charge is 2.26. The van der Waals surface area contributed by atoms with Gasteiger partial charge in [0.25, 0.3) is 0 Å². The molecule has 0 aromatic carbocycles. The van der Waals surface area contributed by atoms with Crippen molar-refractivity contribution < 1.29 is 4.74 Å². The molecule has 1 fully saturated rings. The van der Waals surface area contributed by atoms with Gasteiger partial charge in [0.15, 0.2) is 0 Å². The van der Waals surface area contributed by atoms with Crippen molar-refractivity contribution in [3.63, 3.8) is 0 Å². The van der Waals surface area contributed by atoms with Crippen molar-refractivity contribution in [2.24, 2.45) is 11.8 Å². The summed E-state index contributed by atoms with van der Waals surface area (Å²) in [6.07, 6.45) is 1.24. The molecule has 1 aliphatic rings. The molecule has 0 unspecified atom stereocenters. The van der Waals surface area contributed by atoms with Crippen molar-refractivity contribution in [2.75, 3.05) is 19.7 Å². The van der Waals surface area contributed by atoms with Crippen LogP contribution in [0, 0.1) is 11.8 Å². The molecule has 0 aromatic heterocycles. The Morgan fingerprint density at radius 3 is 2.31 bits per heavy atom. The van der Waals surface area contributed by atoms with Gasteiger partial charge in [0, 0.05) is 0 Å². The molecule has 1 rings (SSSR count). The normalized spacial score (nSPS) is 21.2. The fourth-order valence-corrected chi connectivity index (χ4v) is 1.59. The van der Waals surface area contributed by atoms with Crippen LogP contribution >= 0.6 is 0 Å². The summed E-state index contributed by atoms with van der Waals surface area (Å²) < 4.78 is 5.81. The Labute approximate surface area is 82.0 Å². The van der Waals surface area contributed by atoms with Gasteiger partial charge in [0.2, 0.25) is 0 Å². The molecule has 0 amide bonds. The van der Waals surface area contributed by atoms with Crippen LogP contribution in [-0.2, 0) is 4.74 Å². The Balaban J connectivity index is 2.23. The second-order valence-corrected chi connectivity index (χ2v) is 5.01. The second kappa shape index (κ2) is 4.43. The van der Waals surface area contributed by atoms with E-state index in [4.69, 9.17) is 4.74 Å². The second-order valence-electron chi connectivity index (χ2n) is 5.01. The highest BCUT2D eigenvalue weighted by molar-refractivity contribution is 4.81. The summed E-state index contributed by atoms with van der Waals surface area (Å²) in [6.45, 7) is 11.9. The van der Waals surface area contributed by atoms with Crippen LogP contribution in [-0.4, -0.2) is 25.3 Å². The van der Waals surface area contributed by atoms with Gasteiger partial charge in [0.1, 0.15) is 0 Å². The van der Waals surface area contributed by atoms with Gasteiger partial charge in [0.05, 0.1) is 12.2 Å². The zero-order valence-corrected chi connectivity index (χ0v) is 9.39. The van der Waals surface area contributed by atoms with Gasteiger partial charge in [-0.05, 0) is 45.7 Å². The molecular formula is C11H23NO. The molecule has 0 bridgehead atoms. The molecule has 78 valence electrons. The Hall–Kier alpha value is -0.0800. The highest BCUT2D eigenvalue weighted by Crippen LogP contribution is 2.22. The van der Waals surface area contributed by atoms with Crippen LogP contribution in [0.2, 0.25) is 0 Å². The van der Waals surface area contributed by atoms with Crippen molar-refractivity contribution in [3.8, 4) is 0 Å². The monoisotopic (exact) mass is 185 g/mol. The fraction of sp³-hybridized carbons (Fsp3) is 1.00. The molecule has 1 saturated heterocycles. The van der Waals surface area contributed by atoms with Crippen molar-refractivity contribution >= 4 is 0 Å². The Morgan fingerprint density at radius 1 is 1.38 bits per heavy atom. The summed E-state index contributed by atoms with van der Waals surface area (Å²) in [5.74, 6) is 1.60. The number of hydrogen-bond donors (Lipinski definition) is 1. The van der Waals surface area contributed by atoms with E-state index in [1.165, 1.54) is 19.5 Å². The van der Waals surface area contributed by atoms with Gasteiger partial charge in [-0.3, -0.25) is 0 Å². The lowest BCUT2D eigenvalue weighted by Crippen LogP contribution is -2.47. The number of nitrogens with one attached hydrogen (secondary N) is 1. The first kappa shape index (κ1) is 11.0. The molecule has 1 heterocycles. The third-order valence-corrected chi connectivity index (χ3v) is 2.73. The largest absolute Gasteiger partial charge is 0.376 e. The lowest BCUT2D eigenvalue weighted by Gasteiger charge is -2.35. The molecule has 0 aromatic rings. The first-order chi connectivity index (χ1) is 6.03. The maximum Gasteiger partial charge on any atom is 0.0598 e. The zero-order chi connectivity index (χ0) is 9.90. The summed E-state index contributed by atoms with van der Waals surface area (Å²) in [5, 5.41) is 3.32. The molecule has 2 nitrogen and oxygen atoms in total. The van der Waals surface area contributed by atoms with Crippen LogP contribution in [0.1, 0.15) is 34.1 Å². The van der Waals surface area contributed by atoms with Gasteiger partial charge in [-0.2, -0.15) is 0 Å². The van der Waals surface area contributed by atoms with Crippen molar-refractivity contribution in [3.05, 3.63) is 0 Å². The van der Waals surface area contributed by atoms with E-state index < -0.39 is 0 Å². The molecular weight excluding hydrogens is 162 g/mol. The van der Waals surface area contributed by atoms with Crippen molar-refractivity contribution in [2.45, 2.75) is 39.7 Å². The third kappa shape index (κ3) is 3.65. The predicted molar refractivity (Wildman–Crippen MR) is 55.8 cm³/mol. The molecule has 0 aliphatic carbocycles. The maximum atomic E-state index is 5.81. The predicted octanol–water partition coefficient (Wildman–Crippen LogP) is 2.05. The van der Waals surface area contributed by atoms with Crippen LogP contribution in [0.5, 0.6) is 0 Å².